The number of likely N-dealkylation sites (tertiary alicyclic amines) is 1. The molecule has 140 valence electrons. The zero-order chi connectivity index (χ0) is 19.2. The summed E-state index contributed by atoms with van der Waals surface area (Å²) in [5.74, 6) is 0.435. The second kappa shape index (κ2) is 8.62. The van der Waals surface area contributed by atoms with Gasteiger partial charge in [-0.05, 0) is 37.1 Å². The molecule has 5 nitrogen and oxygen atoms in total. The molecule has 5 heteroatoms. The van der Waals surface area contributed by atoms with Gasteiger partial charge in [0.05, 0.1) is 13.2 Å². The van der Waals surface area contributed by atoms with E-state index in [2.05, 4.69) is 0 Å². The van der Waals surface area contributed by atoms with E-state index in [-0.39, 0.29) is 30.3 Å². The highest BCUT2D eigenvalue weighted by atomic mass is 16.5. The molecule has 2 aromatic rings. The van der Waals surface area contributed by atoms with Crippen LogP contribution in [-0.4, -0.2) is 42.1 Å². The van der Waals surface area contributed by atoms with Crippen molar-refractivity contribution in [3.63, 3.8) is 0 Å². The number of hydrogen-bond acceptors (Lipinski definition) is 4. The van der Waals surface area contributed by atoms with Crippen molar-refractivity contribution in [1.29, 1.82) is 0 Å². The van der Waals surface area contributed by atoms with Crippen molar-refractivity contribution in [2.24, 2.45) is 0 Å². The maximum Gasteiger partial charge on any atom is 0.223 e. The van der Waals surface area contributed by atoms with E-state index < -0.39 is 6.04 Å². The Hall–Kier alpha value is -2.95. The molecule has 1 fully saturated rings. The van der Waals surface area contributed by atoms with Gasteiger partial charge in [0.25, 0.3) is 0 Å². The summed E-state index contributed by atoms with van der Waals surface area (Å²) < 4.78 is 5.08. The Morgan fingerprint density at radius 2 is 1.67 bits per heavy atom. The number of ketones is 2. The number of Topliss-reactive ketones (excluding diaryl/α,β-unsaturated/α-hetero) is 2. The quantitative estimate of drug-likeness (QED) is 0.704. The number of ether oxygens (including phenoxy) is 1. The lowest BCUT2D eigenvalue weighted by Crippen LogP contribution is -2.40. The van der Waals surface area contributed by atoms with Gasteiger partial charge in [-0.2, -0.15) is 0 Å². The van der Waals surface area contributed by atoms with Gasteiger partial charge in [-0.15, -0.1) is 0 Å². The van der Waals surface area contributed by atoms with Gasteiger partial charge in [-0.25, -0.2) is 0 Å². The molecular weight excluding hydrogens is 342 g/mol. The summed E-state index contributed by atoms with van der Waals surface area (Å²) in [6, 6.07) is 15.5. The summed E-state index contributed by atoms with van der Waals surface area (Å²) >= 11 is 0. The van der Waals surface area contributed by atoms with Gasteiger partial charge in [0.1, 0.15) is 5.75 Å². The van der Waals surface area contributed by atoms with Crippen molar-refractivity contribution >= 4 is 17.5 Å². The van der Waals surface area contributed by atoms with Crippen LogP contribution < -0.4 is 4.74 Å². The van der Waals surface area contributed by atoms with E-state index in [0.29, 0.717) is 29.8 Å². The van der Waals surface area contributed by atoms with Crippen molar-refractivity contribution in [3.8, 4) is 5.75 Å². The maximum atomic E-state index is 12.7. The zero-order valence-electron chi connectivity index (χ0n) is 15.4. The highest BCUT2D eigenvalue weighted by molar-refractivity contribution is 6.03. The average Bonchev–Trinajstić information content (AvgIpc) is 3.22. The first-order chi connectivity index (χ1) is 13.1. The predicted molar refractivity (Wildman–Crippen MR) is 102 cm³/mol. The summed E-state index contributed by atoms with van der Waals surface area (Å²) in [6.07, 6.45) is 1.73. The first kappa shape index (κ1) is 18.8. The van der Waals surface area contributed by atoms with Crippen molar-refractivity contribution in [2.75, 3.05) is 13.7 Å². The standard InChI is InChI=1S/C22H23NO4/c1-27-18-11-9-16(10-12-18)20(24)13-14-21(25)23-15-5-8-19(23)22(26)17-6-3-2-4-7-17/h2-4,6-7,9-12,19H,5,8,13-15H2,1H3. The third-order valence-electron chi connectivity index (χ3n) is 4.91. The summed E-state index contributed by atoms with van der Waals surface area (Å²) in [5.41, 5.74) is 1.18. The Morgan fingerprint density at radius 1 is 0.963 bits per heavy atom. The van der Waals surface area contributed by atoms with E-state index in [1.165, 1.54) is 0 Å². The second-order valence-corrected chi connectivity index (χ2v) is 6.63. The Bertz CT molecular complexity index is 814. The molecule has 0 aromatic heterocycles. The van der Waals surface area contributed by atoms with Crippen molar-refractivity contribution < 1.29 is 19.1 Å². The van der Waals surface area contributed by atoms with Crippen molar-refractivity contribution in [1.82, 2.24) is 4.90 Å². The average molecular weight is 365 g/mol. The van der Waals surface area contributed by atoms with Crippen LogP contribution in [0.4, 0.5) is 0 Å². The van der Waals surface area contributed by atoms with E-state index >= 15 is 0 Å². The normalized spacial score (nSPS) is 16.2. The molecule has 1 aliphatic rings. The van der Waals surface area contributed by atoms with Gasteiger partial charge in [0, 0.05) is 30.5 Å². The van der Waals surface area contributed by atoms with E-state index in [1.807, 2.05) is 18.2 Å². The van der Waals surface area contributed by atoms with Gasteiger partial charge in [0.15, 0.2) is 11.6 Å². The van der Waals surface area contributed by atoms with Crippen molar-refractivity contribution in [2.45, 2.75) is 31.7 Å². The van der Waals surface area contributed by atoms with Crippen LogP contribution in [0.3, 0.4) is 0 Å². The van der Waals surface area contributed by atoms with Gasteiger partial charge in [-0.1, -0.05) is 30.3 Å². The van der Waals surface area contributed by atoms with Crippen LogP contribution in [0.15, 0.2) is 54.6 Å². The molecule has 0 aliphatic carbocycles. The predicted octanol–water partition coefficient (Wildman–Crippen LogP) is 3.53. The van der Waals surface area contributed by atoms with E-state index in [0.717, 1.165) is 6.42 Å². The highest BCUT2D eigenvalue weighted by Crippen LogP contribution is 2.23. The molecule has 0 saturated carbocycles. The fraction of sp³-hybridized carbons (Fsp3) is 0.318. The summed E-state index contributed by atoms with van der Waals surface area (Å²) in [7, 11) is 1.57. The number of carbonyl (C=O) groups excluding carboxylic acids is 3. The summed E-state index contributed by atoms with van der Waals surface area (Å²) in [4.78, 5) is 39.3. The molecule has 1 atom stereocenters. The topological polar surface area (TPSA) is 63.7 Å². The van der Waals surface area contributed by atoms with Crippen LogP contribution in [0.25, 0.3) is 0 Å². The van der Waals surface area contributed by atoms with Crippen LogP contribution in [0.2, 0.25) is 0 Å². The number of benzene rings is 2. The minimum absolute atomic E-state index is 0.0251. The van der Waals surface area contributed by atoms with Gasteiger partial charge >= 0.3 is 0 Å². The van der Waals surface area contributed by atoms with Gasteiger partial charge in [-0.3, -0.25) is 14.4 Å². The van der Waals surface area contributed by atoms with E-state index in [9.17, 15) is 14.4 Å². The number of methoxy groups -OCH3 is 1. The van der Waals surface area contributed by atoms with Crippen LogP contribution in [-0.2, 0) is 4.79 Å². The maximum absolute atomic E-state index is 12.7. The highest BCUT2D eigenvalue weighted by Gasteiger charge is 2.34. The van der Waals surface area contributed by atoms with Crippen LogP contribution in [0.5, 0.6) is 5.75 Å². The van der Waals surface area contributed by atoms with Gasteiger partial charge < -0.3 is 9.64 Å². The third-order valence-corrected chi connectivity index (χ3v) is 4.91. The molecule has 0 radical (unpaired) electrons. The summed E-state index contributed by atoms with van der Waals surface area (Å²) in [6.45, 7) is 0.568. The number of carbonyl (C=O) groups is 3. The molecule has 1 amide bonds. The lowest BCUT2D eigenvalue weighted by molar-refractivity contribution is -0.131. The molecule has 0 N–H and O–H groups in total. The molecule has 27 heavy (non-hydrogen) atoms. The molecule has 2 aromatic carbocycles. The number of hydrogen-bond donors (Lipinski definition) is 0. The monoisotopic (exact) mass is 365 g/mol. The first-order valence-corrected chi connectivity index (χ1v) is 9.16. The van der Waals surface area contributed by atoms with Gasteiger partial charge in [0.2, 0.25) is 5.91 Å². The number of rotatable bonds is 7. The molecule has 1 heterocycles. The number of nitrogens with zero attached hydrogens (tertiary/aromatic N) is 1. The number of amides is 1. The summed E-state index contributed by atoms with van der Waals surface area (Å²) in [5, 5.41) is 0. The lowest BCUT2D eigenvalue weighted by atomic mass is 10.0. The molecule has 0 spiro atoms. The molecule has 1 saturated heterocycles. The minimum atomic E-state index is -0.420. The fourth-order valence-electron chi connectivity index (χ4n) is 3.42. The lowest BCUT2D eigenvalue weighted by Gasteiger charge is -2.23. The Labute approximate surface area is 158 Å². The molecule has 3 rings (SSSR count). The first-order valence-electron chi connectivity index (χ1n) is 9.16. The van der Waals surface area contributed by atoms with Crippen LogP contribution in [0, 0.1) is 0 Å². The molecule has 1 aliphatic heterocycles. The minimum Gasteiger partial charge on any atom is -0.497 e. The van der Waals surface area contributed by atoms with E-state index in [1.54, 1.807) is 48.4 Å². The Balaban J connectivity index is 1.59. The SMILES string of the molecule is COc1ccc(C(=O)CCC(=O)N2CCCC2C(=O)c2ccccc2)cc1. The zero-order valence-corrected chi connectivity index (χ0v) is 15.4. The Morgan fingerprint density at radius 3 is 2.33 bits per heavy atom. The smallest absolute Gasteiger partial charge is 0.223 e. The molecular formula is C22H23NO4. The third kappa shape index (κ3) is 4.42. The molecule has 1 unspecified atom stereocenters. The Kier molecular flexibility index (Phi) is 6.01. The fourth-order valence-corrected chi connectivity index (χ4v) is 3.42. The molecule has 0 bridgehead atoms. The van der Waals surface area contributed by atoms with E-state index in [4.69, 9.17) is 4.74 Å². The van der Waals surface area contributed by atoms with Crippen LogP contribution in [0.1, 0.15) is 46.4 Å². The van der Waals surface area contributed by atoms with Crippen LogP contribution >= 0.6 is 0 Å². The van der Waals surface area contributed by atoms with Crippen molar-refractivity contribution in [3.05, 3.63) is 65.7 Å². The largest absolute Gasteiger partial charge is 0.497 e. The second-order valence-electron chi connectivity index (χ2n) is 6.63.